The zero-order chi connectivity index (χ0) is 15.4. The standard InChI is InChI=1S/C15H20F2N2O2/c1-2-18-15(21)5-6-19-9-11(20)8-14(19)12-7-10(16)3-4-13(12)17/h3-4,7,11,14,20H,2,5-6,8-9H2,1H3,(H,18,21)/t11-,14+/m0/s1. The van der Waals surface area contributed by atoms with Gasteiger partial charge >= 0.3 is 0 Å². The Bertz CT molecular complexity index is 510. The van der Waals surface area contributed by atoms with E-state index in [-0.39, 0.29) is 17.9 Å². The predicted molar refractivity (Wildman–Crippen MR) is 74.6 cm³/mol. The van der Waals surface area contributed by atoms with Gasteiger partial charge in [0.05, 0.1) is 6.10 Å². The second-order valence-electron chi connectivity index (χ2n) is 5.27. The first kappa shape index (κ1) is 15.9. The predicted octanol–water partition coefficient (Wildman–Crippen LogP) is 1.60. The molecule has 2 N–H and O–H groups in total. The van der Waals surface area contributed by atoms with Gasteiger partial charge in [0, 0.05) is 37.7 Å². The monoisotopic (exact) mass is 298 g/mol. The van der Waals surface area contributed by atoms with E-state index in [0.717, 1.165) is 18.2 Å². The molecule has 0 radical (unpaired) electrons. The highest BCUT2D eigenvalue weighted by Crippen LogP contribution is 2.33. The molecule has 0 aliphatic carbocycles. The van der Waals surface area contributed by atoms with Gasteiger partial charge in [0.15, 0.2) is 0 Å². The highest BCUT2D eigenvalue weighted by molar-refractivity contribution is 5.75. The lowest BCUT2D eigenvalue weighted by Gasteiger charge is -2.24. The number of nitrogens with zero attached hydrogens (tertiary/aromatic N) is 1. The van der Waals surface area contributed by atoms with E-state index in [1.54, 1.807) is 0 Å². The first-order chi connectivity index (χ1) is 10.0. The Hall–Kier alpha value is -1.53. The van der Waals surface area contributed by atoms with Crippen molar-refractivity contribution < 1.29 is 18.7 Å². The first-order valence-electron chi connectivity index (χ1n) is 7.15. The molecule has 0 spiro atoms. The highest BCUT2D eigenvalue weighted by atomic mass is 19.1. The van der Waals surface area contributed by atoms with Crippen molar-refractivity contribution in [1.82, 2.24) is 10.2 Å². The van der Waals surface area contributed by atoms with E-state index < -0.39 is 23.8 Å². The van der Waals surface area contributed by atoms with Crippen molar-refractivity contribution in [2.45, 2.75) is 31.9 Å². The van der Waals surface area contributed by atoms with Gasteiger partial charge in [-0.3, -0.25) is 9.69 Å². The number of likely N-dealkylation sites (tertiary alicyclic amines) is 1. The Morgan fingerprint density at radius 3 is 2.95 bits per heavy atom. The van der Waals surface area contributed by atoms with Gasteiger partial charge < -0.3 is 10.4 Å². The van der Waals surface area contributed by atoms with Crippen molar-refractivity contribution in [3.05, 3.63) is 35.4 Å². The van der Waals surface area contributed by atoms with E-state index in [2.05, 4.69) is 5.32 Å². The minimum Gasteiger partial charge on any atom is -0.392 e. The molecule has 21 heavy (non-hydrogen) atoms. The summed E-state index contributed by atoms with van der Waals surface area (Å²) in [5, 5.41) is 12.5. The Kier molecular flexibility index (Phi) is 5.25. The number of nitrogens with one attached hydrogen (secondary N) is 1. The van der Waals surface area contributed by atoms with E-state index in [1.165, 1.54) is 0 Å². The Balaban J connectivity index is 2.09. The normalized spacial score (nSPS) is 22.5. The maximum atomic E-state index is 13.9. The number of hydrogen-bond donors (Lipinski definition) is 2. The van der Waals surface area contributed by atoms with Crippen LogP contribution in [0.5, 0.6) is 0 Å². The van der Waals surface area contributed by atoms with Crippen LogP contribution >= 0.6 is 0 Å². The van der Waals surface area contributed by atoms with Gasteiger partial charge in [0.25, 0.3) is 0 Å². The summed E-state index contributed by atoms with van der Waals surface area (Å²) in [6.07, 6.45) is 0.0240. The fourth-order valence-electron chi connectivity index (χ4n) is 2.75. The zero-order valence-corrected chi connectivity index (χ0v) is 12.0. The molecule has 4 nitrogen and oxygen atoms in total. The number of rotatable bonds is 5. The molecule has 1 heterocycles. The molecule has 0 unspecified atom stereocenters. The molecule has 1 aromatic rings. The summed E-state index contributed by atoms with van der Waals surface area (Å²) in [5.41, 5.74) is 0.238. The lowest BCUT2D eigenvalue weighted by Crippen LogP contribution is -2.31. The Morgan fingerprint density at radius 1 is 1.48 bits per heavy atom. The summed E-state index contributed by atoms with van der Waals surface area (Å²) in [7, 11) is 0. The number of carbonyl (C=O) groups excluding carboxylic acids is 1. The molecule has 1 aromatic carbocycles. The highest BCUT2D eigenvalue weighted by Gasteiger charge is 2.33. The van der Waals surface area contributed by atoms with Crippen LogP contribution in [0.4, 0.5) is 8.78 Å². The van der Waals surface area contributed by atoms with E-state index in [0.29, 0.717) is 26.1 Å². The van der Waals surface area contributed by atoms with Crippen molar-refractivity contribution in [2.24, 2.45) is 0 Å². The maximum absolute atomic E-state index is 13.9. The Labute approximate surface area is 122 Å². The molecule has 2 rings (SSSR count). The zero-order valence-electron chi connectivity index (χ0n) is 12.0. The smallest absolute Gasteiger partial charge is 0.221 e. The summed E-state index contributed by atoms with van der Waals surface area (Å²) >= 11 is 0. The topological polar surface area (TPSA) is 52.6 Å². The van der Waals surface area contributed by atoms with Crippen molar-refractivity contribution in [2.75, 3.05) is 19.6 Å². The van der Waals surface area contributed by atoms with Gasteiger partial charge in [-0.25, -0.2) is 8.78 Å². The minimum atomic E-state index is -0.591. The first-order valence-corrected chi connectivity index (χ1v) is 7.15. The lowest BCUT2D eigenvalue weighted by molar-refractivity contribution is -0.121. The van der Waals surface area contributed by atoms with Crippen molar-refractivity contribution >= 4 is 5.91 Å². The average Bonchev–Trinajstić information content (AvgIpc) is 2.80. The molecule has 0 aromatic heterocycles. The van der Waals surface area contributed by atoms with E-state index in [9.17, 15) is 18.7 Å². The molecule has 1 saturated heterocycles. The molecule has 6 heteroatoms. The third-order valence-corrected chi connectivity index (χ3v) is 3.70. The van der Waals surface area contributed by atoms with Gasteiger partial charge in [-0.2, -0.15) is 0 Å². The maximum Gasteiger partial charge on any atom is 0.221 e. The van der Waals surface area contributed by atoms with Crippen LogP contribution in [-0.4, -0.2) is 41.7 Å². The fraction of sp³-hybridized carbons (Fsp3) is 0.533. The minimum absolute atomic E-state index is 0.0858. The van der Waals surface area contributed by atoms with Crippen LogP contribution < -0.4 is 5.32 Å². The molecular weight excluding hydrogens is 278 g/mol. The second-order valence-corrected chi connectivity index (χ2v) is 5.27. The van der Waals surface area contributed by atoms with Gasteiger partial charge in [-0.05, 0) is 31.5 Å². The molecule has 2 atom stereocenters. The van der Waals surface area contributed by atoms with Gasteiger partial charge in [0.1, 0.15) is 11.6 Å². The summed E-state index contributed by atoms with van der Waals surface area (Å²) in [6, 6.07) is 2.93. The number of aliphatic hydroxyl groups excluding tert-OH is 1. The van der Waals surface area contributed by atoms with Gasteiger partial charge in [-0.15, -0.1) is 0 Å². The number of amides is 1. The molecule has 0 bridgehead atoms. The molecule has 1 fully saturated rings. The average molecular weight is 298 g/mol. The van der Waals surface area contributed by atoms with Crippen LogP contribution in [0.3, 0.4) is 0 Å². The second kappa shape index (κ2) is 6.95. The van der Waals surface area contributed by atoms with Gasteiger partial charge in [0.2, 0.25) is 5.91 Å². The molecule has 1 amide bonds. The van der Waals surface area contributed by atoms with E-state index >= 15 is 0 Å². The van der Waals surface area contributed by atoms with Crippen molar-refractivity contribution in [3.63, 3.8) is 0 Å². The SMILES string of the molecule is CCNC(=O)CCN1C[C@@H](O)C[C@@H]1c1cc(F)ccc1F. The molecule has 116 valence electrons. The van der Waals surface area contributed by atoms with Crippen molar-refractivity contribution in [1.29, 1.82) is 0 Å². The molecular formula is C15H20F2N2O2. The number of aliphatic hydroxyl groups is 1. The largest absolute Gasteiger partial charge is 0.392 e. The lowest BCUT2D eigenvalue weighted by atomic mass is 10.0. The van der Waals surface area contributed by atoms with Crippen molar-refractivity contribution in [3.8, 4) is 0 Å². The number of benzene rings is 1. The van der Waals surface area contributed by atoms with E-state index in [1.807, 2.05) is 11.8 Å². The van der Waals surface area contributed by atoms with Crippen LogP contribution in [0, 0.1) is 11.6 Å². The van der Waals surface area contributed by atoms with E-state index in [4.69, 9.17) is 0 Å². The number of β-amino-alcohol motifs (C(OH)–C–C–N with tert-alkyl or cyclic N) is 1. The quantitative estimate of drug-likeness (QED) is 0.868. The van der Waals surface area contributed by atoms with Crippen LogP contribution in [0.25, 0.3) is 0 Å². The Morgan fingerprint density at radius 2 is 2.24 bits per heavy atom. The van der Waals surface area contributed by atoms with Crippen LogP contribution in [-0.2, 0) is 4.79 Å². The number of carbonyl (C=O) groups is 1. The molecule has 1 aliphatic rings. The molecule has 0 saturated carbocycles. The van der Waals surface area contributed by atoms with Crippen LogP contribution in [0.2, 0.25) is 0 Å². The summed E-state index contributed by atoms with van der Waals surface area (Å²) < 4.78 is 27.2. The number of hydrogen-bond acceptors (Lipinski definition) is 3. The number of halogens is 2. The summed E-state index contributed by atoms with van der Waals surface area (Å²) in [4.78, 5) is 13.3. The van der Waals surface area contributed by atoms with Crippen LogP contribution in [0.15, 0.2) is 18.2 Å². The van der Waals surface area contributed by atoms with Crippen LogP contribution in [0.1, 0.15) is 31.4 Å². The van der Waals surface area contributed by atoms with Gasteiger partial charge in [-0.1, -0.05) is 0 Å². The third kappa shape index (κ3) is 3.98. The summed E-state index contributed by atoms with van der Waals surface area (Å²) in [5.74, 6) is -1.08. The fourth-order valence-corrected chi connectivity index (χ4v) is 2.75. The summed E-state index contributed by atoms with van der Waals surface area (Å²) in [6.45, 7) is 3.16. The molecule has 1 aliphatic heterocycles. The third-order valence-electron chi connectivity index (χ3n) is 3.70.